The van der Waals surface area contributed by atoms with Gasteiger partial charge in [0.15, 0.2) is 0 Å². The van der Waals surface area contributed by atoms with Crippen molar-refractivity contribution in [2.45, 2.75) is 32.7 Å². The lowest BCUT2D eigenvalue weighted by Gasteiger charge is -2.13. The number of amides is 5. The lowest BCUT2D eigenvalue weighted by atomic mass is 10.2. The Morgan fingerprint density at radius 3 is 2.39 bits per heavy atom. The monoisotopic (exact) mass is 326 g/mol. The molecule has 9 heteroatoms. The quantitative estimate of drug-likeness (QED) is 0.329. The number of carbonyl (C=O) groups excluding carboxylic acids is 5. The van der Waals surface area contributed by atoms with Crippen LogP contribution in [-0.2, 0) is 24.0 Å². The van der Waals surface area contributed by atoms with Gasteiger partial charge in [-0.25, -0.2) is 0 Å². The lowest BCUT2D eigenvalue weighted by Crippen LogP contribution is -2.46. The Balaban J connectivity index is 4.03. The highest BCUT2D eigenvalue weighted by Crippen LogP contribution is 1.95. The van der Waals surface area contributed by atoms with Crippen molar-refractivity contribution in [1.82, 2.24) is 15.5 Å². The molecule has 0 aliphatic rings. The molecule has 5 amide bonds. The van der Waals surface area contributed by atoms with Crippen molar-refractivity contribution in [3.63, 3.8) is 0 Å². The third kappa shape index (κ3) is 9.02. The van der Waals surface area contributed by atoms with Gasteiger partial charge < -0.3 is 16.4 Å². The Morgan fingerprint density at radius 2 is 1.87 bits per heavy atom. The van der Waals surface area contributed by atoms with E-state index in [1.165, 1.54) is 19.1 Å². The third-order valence-corrected chi connectivity index (χ3v) is 2.77. The summed E-state index contributed by atoms with van der Waals surface area (Å²) in [5.74, 6) is -2.08. The average molecular weight is 326 g/mol. The van der Waals surface area contributed by atoms with Crippen molar-refractivity contribution < 1.29 is 24.0 Å². The largest absolute Gasteiger partial charge is 0.368 e. The Labute approximate surface area is 134 Å². The van der Waals surface area contributed by atoms with E-state index in [0.29, 0.717) is 6.41 Å². The van der Waals surface area contributed by atoms with E-state index in [1.54, 1.807) is 6.92 Å². The van der Waals surface area contributed by atoms with Crippen molar-refractivity contribution in [1.29, 1.82) is 0 Å². The van der Waals surface area contributed by atoms with Crippen molar-refractivity contribution in [3.05, 3.63) is 12.2 Å². The van der Waals surface area contributed by atoms with Gasteiger partial charge in [-0.2, -0.15) is 0 Å². The number of hydrogen-bond acceptors (Lipinski definition) is 5. The maximum Gasteiger partial charge on any atom is 0.252 e. The molecule has 1 atom stereocenters. The molecule has 0 heterocycles. The molecule has 0 aliphatic carbocycles. The van der Waals surface area contributed by atoms with Crippen LogP contribution >= 0.6 is 0 Å². The molecule has 23 heavy (non-hydrogen) atoms. The van der Waals surface area contributed by atoms with E-state index in [1.807, 2.05) is 0 Å². The number of primary amides is 1. The molecule has 0 spiro atoms. The van der Waals surface area contributed by atoms with Gasteiger partial charge in [-0.05, 0) is 26.3 Å². The fourth-order valence-corrected chi connectivity index (χ4v) is 1.49. The Hall–Kier alpha value is -2.71. The van der Waals surface area contributed by atoms with Gasteiger partial charge in [0.2, 0.25) is 24.1 Å². The fourth-order valence-electron chi connectivity index (χ4n) is 1.49. The summed E-state index contributed by atoms with van der Waals surface area (Å²) in [7, 11) is 0. The highest BCUT2D eigenvalue weighted by Gasteiger charge is 2.13. The predicted octanol–water partition coefficient (Wildman–Crippen LogP) is -1.57. The summed E-state index contributed by atoms with van der Waals surface area (Å²) in [5, 5.41) is 4.68. The van der Waals surface area contributed by atoms with Gasteiger partial charge in [0.05, 0.1) is 6.54 Å². The molecule has 0 saturated heterocycles. The molecule has 0 aromatic rings. The summed E-state index contributed by atoms with van der Waals surface area (Å²) in [6, 6.07) is -0.821. The predicted molar refractivity (Wildman–Crippen MR) is 81.6 cm³/mol. The van der Waals surface area contributed by atoms with E-state index < -0.39 is 29.7 Å². The standard InChI is InChI=1S/C14H22N4O5/c1-3-5-13(22)18(9-19)7-4-6-11(20)16-8-12(21)17-10(2)14(15)23/h3,5,9-10H,4,6-8H2,1-2H3,(H2,15,23)(H,16,20)(H,17,21)/b5-3-. The normalized spacial score (nSPS) is 11.6. The maximum atomic E-state index is 11.5. The first-order valence-corrected chi connectivity index (χ1v) is 7.05. The fraction of sp³-hybridized carbons (Fsp3) is 0.500. The van der Waals surface area contributed by atoms with E-state index in [0.717, 1.165) is 4.90 Å². The molecule has 0 radical (unpaired) electrons. The minimum Gasteiger partial charge on any atom is -0.368 e. The van der Waals surface area contributed by atoms with E-state index in [-0.39, 0.29) is 25.9 Å². The molecule has 0 fully saturated rings. The number of imide groups is 1. The highest BCUT2D eigenvalue weighted by molar-refractivity contribution is 5.94. The van der Waals surface area contributed by atoms with Crippen LogP contribution < -0.4 is 16.4 Å². The molecule has 4 N–H and O–H groups in total. The van der Waals surface area contributed by atoms with Crippen molar-refractivity contribution in [2.24, 2.45) is 5.73 Å². The van der Waals surface area contributed by atoms with Gasteiger partial charge in [0, 0.05) is 13.0 Å². The molecule has 0 aromatic heterocycles. The summed E-state index contributed by atoms with van der Waals surface area (Å²) < 4.78 is 0. The van der Waals surface area contributed by atoms with E-state index in [2.05, 4.69) is 10.6 Å². The molecule has 0 aromatic carbocycles. The second-order valence-corrected chi connectivity index (χ2v) is 4.71. The topological polar surface area (TPSA) is 139 Å². The number of nitrogens with zero attached hydrogens (tertiary/aromatic N) is 1. The van der Waals surface area contributed by atoms with Crippen LogP contribution in [-0.4, -0.2) is 54.1 Å². The first-order chi connectivity index (χ1) is 10.8. The van der Waals surface area contributed by atoms with Crippen molar-refractivity contribution >= 4 is 30.0 Å². The molecule has 0 bridgehead atoms. The minimum atomic E-state index is -0.821. The summed E-state index contributed by atoms with van der Waals surface area (Å²) in [6.07, 6.45) is 3.48. The van der Waals surface area contributed by atoms with Gasteiger partial charge in [0.1, 0.15) is 6.04 Å². The molecule has 0 aliphatic heterocycles. The number of rotatable bonds is 10. The number of allylic oxidation sites excluding steroid dienone is 1. The number of nitrogens with one attached hydrogen (secondary N) is 2. The van der Waals surface area contributed by atoms with Crippen LogP contribution in [0.15, 0.2) is 12.2 Å². The third-order valence-electron chi connectivity index (χ3n) is 2.77. The lowest BCUT2D eigenvalue weighted by molar-refractivity contribution is -0.135. The summed E-state index contributed by atoms with van der Waals surface area (Å²) in [6.45, 7) is 2.90. The van der Waals surface area contributed by atoms with Crippen molar-refractivity contribution in [2.75, 3.05) is 13.1 Å². The van der Waals surface area contributed by atoms with Gasteiger partial charge in [0.25, 0.3) is 5.91 Å². The van der Waals surface area contributed by atoms with Crippen LogP contribution in [0.25, 0.3) is 0 Å². The molecular weight excluding hydrogens is 304 g/mol. The van der Waals surface area contributed by atoms with Crippen LogP contribution in [0.3, 0.4) is 0 Å². The van der Waals surface area contributed by atoms with Crippen LogP contribution in [0.1, 0.15) is 26.7 Å². The molecular formula is C14H22N4O5. The first-order valence-electron chi connectivity index (χ1n) is 7.05. The number of nitrogens with two attached hydrogens (primary N) is 1. The SMILES string of the molecule is C/C=C\C(=O)N(C=O)CCCC(=O)NCC(=O)NC(C)C(N)=O. The Morgan fingerprint density at radius 1 is 1.22 bits per heavy atom. The molecule has 0 saturated carbocycles. The van der Waals surface area contributed by atoms with Crippen molar-refractivity contribution in [3.8, 4) is 0 Å². The zero-order valence-corrected chi connectivity index (χ0v) is 13.2. The molecule has 1 unspecified atom stereocenters. The van der Waals surface area contributed by atoms with Gasteiger partial charge >= 0.3 is 0 Å². The van der Waals surface area contributed by atoms with Gasteiger partial charge in [-0.15, -0.1) is 0 Å². The van der Waals surface area contributed by atoms with Crippen LogP contribution in [0.4, 0.5) is 0 Å². The first kappa shape index (κ1) is 20.3. The average Bonchev–Trinajstić information content (AvgIpc) is 2.49. The van der Waals surface area contributed by atoms with Crippen LogP contribution in [0.2, 0.25) is 0 Å². The minimum absolute atomic E-state index is 0.0477. The van der Waals surface area contributed by atoms with Gasteiger partial charge in [-0.1, -0.05) is 6.08 Å². The number of carbonyl (C=O) groups is 5. The number of hydrogen-bond donors (Lipinski definition) is 3. The van der Waals surface area contributed by atoms with E-state index in [4.69, 9.17) is 5.73 Å². The smallest absolute Gasteiger partial charge is 0.252 e. The summed E-state index contributed by atoms with van der Waals surface area (Å²) in [4.78, 5) is 56.9. The Bertz CT molecular complexity index is 490. The van der Waals surface area contributed by atoms with Gasteiger partial charge in [-0.3, -0.25) is 28.9 Å². The zero-order valence-electron chi connectivity index (χ0n) is 13.2. The highest BCUT2D eigenvalue weighted by atomic mass is 16.2. The van der Waals surface area contributed by atoms with Crippen LogP contribution in [0, 0.1) is 0 Å². The molecule has 9 nitrogen and oxygen atoms in total. The van der Waals surface area contributed by atoms with Crippen LogP contribution in [0.5, 0.6) is 0 Å². The molecule has 128 valence electrons. The molecule has 0 rings (SSSR count). The zero-order chi connectivity index (χ0) is 17.8. The summed E-state index contributed by atoms with van der Waals surface area (Å²) >= 11 is 0. The second-order valence-electron chi connectivity index (χ2n) is 4.71. The van der Waals surface area contributed by atoms with E-state index >= 15 is 0 Å². The second kappa shape index (κ2) is 10.9. The summed E-state index contributed by atoms with van der Waals surface area (Å²) in [5.41, 5.74) is 4.99. The Kier molecular flexibility index (Phi) is 9.65. The van der Waals surface area contributed by atoms with E-state index in [9.17, 15) is 24.0 Å². The maximum absolute atomic E-state index is 11.5.